The monoisotopic (exact) mass is 800 g/mol. The quantitative estimate of drug-likeness (QED) is 0.0687. The van der Waals surface area contributed by atoms with Crippen molar-refractivity contribution in [3.05, 3.63) is 113 Å². The van der Waals surface area contributed by atoms with Crippen molar-refractivity contribution in [2.24, 2.45) is 0 Å². The van der Waals surface area contributed by atoms with Crippen molar-refractivity contribution in [1.82, 2.24) is 0 Å². The minimum atomic E-state index is -1.49. The molecular weight excluding hydrogens is 752 g/mol. The molecule has 1 aliphatic heterocycles. The van der Waals surface area contributed by atoms with Crippen molar-refractivity contribution in [3.8, 4) is 28.7 Å². The second-order valence-electron chi connectivity index (χ2n) is 13.5. The van der Waals surface area contributed by atoms with Gasteiger partial charge in [0.2, 0.25) is 12.4 Å². The maximum atomic E-state index is 12.6. The summed E-state index contributed by atoms with van der Waals surface area (Å²) < 4.78 is 53.6. The fourth-order valence-electron chi connectivity index (χ4n) is 6.24. The molecule has 0 saturated carbocycles. The van der Waals surface area contributed by atoms with Gasteiger partial charge in [0.1, 0.15) is 48.1 Å². The van der Waals surface area contributed by atoms with E-state index in [9.17, 15) is 24.3 Å². The van der Waals surface area contributed by atoms with Gasteiger partial charge in [0.15, 0.2) is 12.2 Å². The number of rotatable bonds is 18. The van der Waals surface area contributed by atoms with Crippen LogP contribution in [0.25, 0.3) is 0 Å². The van der Waals surface area contributed by atoms with Gasteiger partial charge in [-0.25, -0.2) is 0 Å². The third-order valence-corrected chi connectivity index (χ3v) is 8.79. The van der Waals surface area contributed by atoms with E-state index >= 15 is 0 Å². The second-order valence-corrected chi connectivity index (χ2v) is 13.5. The molecule has 5 rings (SSSR count). The molecule has 4 aromatic rings. The highest BCUT2D eigenvalue weighted by Crippen LogP contribution is 2.39. The standard InChI is InChI=1S/C44H48O14/c1-27-21-36(52-25-32-13-8-6-9-14-32)24-39(37(27)22-33-17-18-35(50-20-12-19-45)23-38(33)56-34-15-10-7-11-16-34)57-44-43(55-31(5)49)42(54-30(4)48)41(53-29(3)47)40(58-44)26-51-28(2)46/h6-11,13-18,21,23-24,40-45H,12,19-20,22,25-26H2,1-5H3/t40-,41-,42+,43-,44-/m1/s1. The summed E-state index contributed by atoms with van der Waals surface area (Å²) in [7, 11) is 0. The lowest BCUT2D eigenvalue weighted by atomic mass is 9.97. The molecule has 0 aliphatic carbocycles. The fraction of sp³-hybridized carbons (Fsp3) is 0.364. The van der Waals surface area contributed by atoms with Crippen LogP contribution in [0.3, 0.4) is 0 Å². The Labute approximate surface area is 336 Å². The predicted octanol–water partition coefficient (Wildman–Crippen LogP) is 6.18. The van der Waals surface area contributed by atoms with Crippen molar-refractivity contribution in [1.29, 1.82) is 0 Å². The van der Waals surface area contributed by atoms with Crippen LogP contribution < -0.4 is 18.9 Å². The normalized spacial score (nSPS) is 18.6. The molecule has 0 amide bonds. The van der Waals surface area contributed by atoms with E-state index < -0.39 is 61.2 Å². The highest BCUT2D eigenvalue weighted by atomic mass is 16.7. The van der Waals surface area contributed by atoms with E-state index in [2.05, 4.69) is 0 Å². The molecule has 1 N–H and O–H groups in total. The van der Waals surface area contributed by atoms with Gasteiger partial charge in [-0.3, -0.25) is 19.2 Å². The minimum absolute atomic E-state index is 0.0158. The van der Waals surface area contributed by atoms with Gasteiger partial charge in [0.25, 0.3) is 0 Å². The lowest BCUT2D eigenvalue weighted by molar-refractivity contribution is -0.288. The zero-order valence-corrected chi connectivity index (χ0v) is 33.0. The largest absolute Gasteiger partial charge is 0.493 e. The van der Waals surface area contributed by atoms with E-state index in [1.54, 1.807) is 18.2 Å². The molecule has 308 valence electrons. The first-order valence-electron chi connectivity index (χ1n) is 18.8. The topological polar surface area (TPSA) is 172 Å². The van der Waals surface area contributed by atoms with Crippen LogP contribution in [0, 0.1) is 6.92 Å². The summed E-state index contributed by atoms with van der Waals surface area (Å²) in [5, 5.41) is 9.29. The third kappa shape index (κ3) is 12.4. The molecular formula is C44H48O14. The summed E-state index contributed by atoms with van der Waals surface area (Å²) in [5.41, 5.74) is 3.08. The van der Waals surface area contributed by atoms with Crippen LogP contribution in [0.5, 0.6) is 28.7 Å². The number of hydrogen-bond acceptors (Lipinski definition) is 14. The van der Waals surface area contributed by atoms with Gasteiger partial charge in [0, 0.05) is 64.8 Å². The SMILES string of the molecule is CC(=O)OC[C@H]1O[C@@H](Oc2cc(OCc3ccccc3)cc(C)c2Cc2ccc(OCCCO)cc2Oc2ccccc2)[C@H](OC(C)=O)[C@@H](OC(C)=O)[C@@H]1OC(C)=O. The van der Waals surface area contributed by atoms with Crippen molar-refractivity contribution < 1.29 is 66.9 Å². The van der Waals surface area contributed by atoms with Crippen LogP contribution in [0.1, 0.15) is 56.4 Å². The Balaban J connectivity index is 1.60. The molecule has 0 radical (unpaired) electrons. The number of esters is 4. The minimum Gasteiger partial charge on any atom is -0.493 e. The summed E-state index contributed by atoms with van der Waals surface area (Å²) >= 11 is 0. The Morgan fingerprint density at radius 3 is 1.97 bits per heavy atom. The van der Waals surface area contributed by atoms with Gasteiger partial charge >= 0.3 is 23.9 Å². The molecule has 58 heavy (non-hydrogen) atoms. The smallest absolute Gasteiger partial charge is 0.303 e. The highest BCUT2D eigenvalue weighted by molar-refractivity contribution is 5.69. The van der Waals surface area contributed by atoms with E-state index in [-0.39, 0.29) is 25.4 Å². The molecule has 14 heteroatoms. The van der Waals surface area contributed by atoms with Crippen LogP contribution in [0.15, 0.2) is 91.0 Å². The lowest BCUT2D eigenvalue weighted by Crippen LogP contribution is -2.63. The molecule has 0 aromatic heterocycles. The third-order valence-electron chi connectivity index (χ3n) is 8.79. The van der Waals surface area contributed by atoms with E-state index in [1.807, 2.05) is 79.7 Å². The summed E-state index contributed by atoms with van der Waals surface area (Å²) in [4.78, 5) is 49.3. The van der Waals surface area contributed by atoms with Crippen LogP contribution in [-0.2, 0) is 55.9 Å². The number of aryl methyl sites for hydroxylation is 1. The maximum Gasteiger partial charge on any atom is 0.303 e. The highest BCUT2D eigenvalue weighted by Gasteiger charge is 2.53. The number of carbonyl (C=O) groups excluding carboxylic acids is 4. The molecule has 14 nitrogen and oxygen atoms in total. The van der Waals surface area contributed by atoms with Crippen LogP contribution in [0.4, 0.5) is 0 Å². The summed E-state index contributed by atoms with van der Waals surface area (Å²) in [6.45, 7) is 6.65. The van der Waals surface area contributed by atoms with Gasteiger partial charge in [-0.05, 0) is 47.9 Å². The van der Waals surface area contributed by atoms with E-state index in [1.165, 1.54) is 6.92 Å². The Hall–Kier alpha value is -6.12. The Kier molecular flexibility index (Phi) is 15.5. The van der Waals surface area contributed by atoms with Crippen LogP contribution in [0.2, 0.25) is 0 Å². The number of carbonyl (C=O) groups is 4. The number of aliphatic hydroxyl groups is 1. The summed E-state index contributed by atoms with van der Waals surface area (Å²) in [6.07, 6.45) is -6.28. The summed E-state index contributed by atoms with van der Waals surface area (Å²) in [5.74, 6) is -0.613. The number of benzene rings is 4. The average Bonchev–Trinajstić information content (AvgIpc) is 3.18. The number of ether oxygens (including phenoxy) is 9. The van der Waals surface area contributed by atoms with Crippen LogP contribution in [-0.4, -0.2) is 79.5 Å². The van der Waals surface area contributed by atoms with Gasteiger partial charge in [-0.1, -0.05) is 54.6 Å². The molecule has 4 aromatic carbocycles. The molecule has 0 bridgehead atoms. The van der Waals surface area contributed by atoms with E-state index in [0.29, 0.717) is 41.6 Å². The van der Waals surface area contributed by atoms with Crippen molar-refractivity contribution in [2.75, 3.05) is 19.8 Å². The van der Waals surface area contributed by atoms with Crippen molar-refractivity contribution in [2.45, 2.75) is 84.8 Å². The molecule has 1 saturated heterocycles. The van der Waals surface area contributed by atoms with Crippen LogP contribution >= 0.6 is 0 Å². The molecule has 1 aliphatic rings. The molecule has 1 heterocycles. The van der Waals surface area contributed by atoms with Gasteiger partial charge in [-0.15, -0.1) is 0 Å². The van der Waals surface area contributed by atoms with E-state index in [4.69, 9.17) is 42.6 Å². The van der Waals surface area contributed by atoms with E-state index in [0.717, 1.165) is 37.5 Å². The lowest BCUT2D eigenvalue weighted by Gasteiger charge is -2.44. The first-order valence-corrected chi connectivity index (χ1v) is 18.8. The second kappa shape index (κ2) is 20.9. The molecule has 0 spiro atoms. The first kappa shape index (κ1) is 43.0. The predicted molar refractivity (Wildman–Crippen MR) is 207 cm³/mol. The van der Waals surface area contributed by atoms with Crippen molar-refractivity contribution in [3.63, 3.8) is 0 Å². The molecule has 5 atom stereocenters. The molecule has 0 unspecified atom stereocenters. The Morgan fingerprint density at radius 2 is 1.31 bits per heavy atom. The Bertz CT molecular complexity index is 2000. The molecule has 1 fully saturated rings. The first-order chi connectivity index (χ1) is 27.9. The zero-order chi connectivity index (χ0) is 41.6. The van der Waals surface area contributed by atoms with Gasteiger partial charge in [0.05, 0.1) is 6.61 Å². The summed E-state index contributed by atoms with van der Waals surface area (Å²) in [6, 6.07) is 27.8. The average molecular weight is 801 g/mol. The number of aliphatic hydroxyl groups excluding tert-OH is 1. The fourth-order valence-corrected chi connectivity index (χ4v) is 6.24. The van der Waals surface area contributed by atoms with Gasteiger partial charge in [-0.2, -0.15) is 0 Å². The maximum absolute atomic E-state index is 12.6. The number of para-hydroxylation sites is 1. The zero-order valence-electron chi connectivity index (χ0n) is 33.0. The Morgan fingerprint density at radius 1 is 0.672 bits per heavy atom. The number of hydrogen-bond donors (Lipinski definition) is 1. The van der Waals surface area contributed by atoms with Crippen molar-refractivity contribution >= 4 is 23.9 Å². The van der Waals surface area contributed by atoms with Gasteiger partial charge < -0.3 is 47.7 Å².